The van der Waals surface area contributed by atoms with Crippen molar-refractivity contribution >= 4 is 17.4 Å². The van der Waals surface area contributed by atoms with E-state index in [1.165, 1.54) is 6.07 Å². The van der Waals surface area contributed by atoms with Gasteiger partial charge in [0, 0.05) is 0 Å². The van der Waals surface area contributed by atoms with Crippen molar-refractivity contribution in [2.24, 2.45) is 4.99 Å². The maximum absolute atomic E-state index is 12.5. The molecule has 0 bridgehead atoms. The zero-order chi connectivity index (χ0) is 13.3. The first kappa shape index (κ1) is 12.5. The second-order valence-corrected chi connectivity index (χ2v) is 4.06. The van der Waals surface area contributed by atoms with E-state index in [0.717, 1.165) is 12.1 Å². The van der Waals surface area contributed by atoms with Crippen molar-refractivity contribution in [2.75, 3.05) is 5.43 Å². The van der Waals surface area contributed by atoms with Crippen LogP contribution in [0.1, 0.15) is 19.4 Å². The molecule has 1 heterocycles. The number of hydrazine groups is 1. The Hall–Kier alpha value is -1.92. The monoisotopic (exact) mass is 259 g/mol. The van der Waals surface area contributed by atoms with Gasteiger partial charge in [0.15, 0.2) is 0 Å². The first-order valence-electron chi connectivity index (χ1n) is 5.35. The van der Waals surface area contributed by atoms with E-state index in [1.54, 1.807) is 0 Å². The van der Waals surface area contributed by atoms with E-state index in [4.69, 9.17) is 4.74 Å². The van der Waals surface area contributed by atoms with Gasteiger partial charge in [-0.2, -0.15) is 18.2 Å². The average Bonchev–Trinajstić information content (AvgIpc) is 2.26. The number of rotatable bonds is 1. The lowest BCUT2D eigenvalue weighted by atomic mass is 10.1. The molecule has 4 nitrogen and oxygen atoms in total. The number of fused-ring (bicyclic) bond motifs is 1. The second-order valence-electron chi connectivity index (χ2n) is 4.06. The largest absolute Gasteiger partial charge is 0.461 e. The Bertz CT molecular complexity index is 483. The number of anilines is 1. The molecule has 2 N–H and O–H groups in total. The zero-order valence-electron chi connectivity index (χ0n) is 9.80. The first-order chi connectivity index (χ1) is 8.36. The fraction of sp³-hybridized carbons (Fsp3) is 0.364. The molecule has 0 aromatic heterocycles. The lowest BCUT2D eigenvalue weighted by Gasteiger charge is -2.21. The summed E-state index contributed by atoms with van der Waals surface area (Å²) in [7, 11) is 0. The van der Waals surface area contributed by atoms with E-state index in [2.05, 4.69) is 15.8 Å². The van der Waals surface area contributed by atoms with Gasteiger partial charge < -0.3 is 4.74 Å². The minimum Gasteiger partial charge on any atom is -0.461 e. The SMILES string of the molecule is CC(C)OC1=Nc2ccc(C(F)(F)F)cc2NN1. The number of benzene rings is 1. The van der Waals surface area contributed by atoms with Crippen LogP contribution in [0.25, 0.3) is 0 Å². The van der Waals surface area contributed by atoms with Crippen LogP contribution in [-0.4, -0.2) is 12.1 Å². The van der Waals surface area contributed by atoms with Gasteiger partial charge in [0.05, 0.1) is 23.0 Å². The average molecular weight is 259 g/mol. The van der Waals surface area contributed by atoms with Gasteiger partial charge in [-0.05, 0) is 32.0 Å². The lowest BCUT2D eigenvalue weighted by Crippen LogP contribution is -2.35. The van der Waals surface area contributed by atoms with E-state index >= 15 is 0 Å². The van der Waals surface area contributed by atoms with Crippen molar-refractivity contribution < 1.29 is 17.9 Å². The summed E-state index contributed by atoms with van der Waals surface area (Å²) in [6.07, 6.45) is -4.44. The Labute approximate surface area is 102 Å². The van der Waals surface area contributed by atoms with Crippen LogP contribution in [0, 0.1) is 0 Å². The van der Waals surface area contributed by atoms with Crippen LogP contribution in [0.4, 0.5) is 24.5 Å². The summed E-state index contributed by atoms with van der Waals surface area (Å²) in [4.78, 5) is 4.06. The van der Waals surface area contributed by atoms with Gasteiger partial charge in [-0.25, -0.2) is 0 Å². The highest BCUT2D eigenvalue weighted by Crippen LogP contribution is 2.35. The highest BCUT2D eigenvalue weighted by molar-refractivity contribution is 5.85. The standard InChI is InChI=1S/C11H12F3N3O/c1-6(2)18-10-15-8-4-3-7(11(12,13)14)5-9(8)16-17-10/h3-6,16H,1-2H3,(H,15,17). The number of halogens is 3. The summed E-state index contributed by atoms with van der Waals surface area (Å²) >= 11 is 0. The number of amidine groups is 1. The predicted octanol–water partition coefficient (Wildman–Crippen LogP) is 3.05. The van der Waals surface area contributed by atoms with Crippen molar-refractivity contribution in [3.63, 3.8) is 0 Å². The molecule has 0 spiro atoms. The number of aliphatic imine (C=N–C) groups is 1. The topological polar surface area (TPSA) is 45.6 Å². The fourth-order valence-electron chi connectivity index (χ4n) is 1.45. The third-order valence-electron chi connectivity index (χ3n) is 2.20. The molecule has 0 unspecified atom stereocenters. The molecule has 0 atom stereocenters. The molecule has 0 radical (unpaired) electrons. The van der Waals surface area contributed by atoms with Gasteiger partial charge in [-0.3, -0.25) is 10.9 Å². The van der Waals surface area contributed by atoms with E-state index < -0.39 is 11.7 Å². The zero-order valence-corrected chi connectivity index (χ0v) is 9.80. The fourth-order valence-corrected chi connectivity index (χ4v) is 1.45. The summed E-state index contributed by atoms with van der Waals surface area (Å²) < 4.78 is 42.8. The first-order valence-corrected chi connectivity index (χ1v) is 5.35. The Balaban J connectivity index is 2.28. The normalized spacial score (nSPS) is 14.4. The quantitative estimate of drug-likeness (QED) is 0.814. The third kappa shape index (κ3) is 2.66. The number of hydrogen-bond donors (Lipinski definition) is 2. The van der Waals surface area contributed by atoms with Crippen molar-refractivity contribution in [2.45, 2.75) is 26.1 Å². The lowest BCUT2D eigenvalue weighted by molar-refractivity contribution is -0.137. The van der Waals surface area contributed by atoms with Crippen LogP contribution in [-0.2, 0) is 10.9 Å². The molecule has 0 aliphatic carbocycles. The summed E-state index contributed by atoms with van der Waals surface area (Å²) in [5.74, 6) is 0. The number of alkyl halides is 3. The highest BCUT2D eigenvalue weighted by Gasteiger charge is 2.31. The molecular weight excluding hydrogens is 247 g/mol. The Morgan fingerprint density at radius 1 is 1.22 bits per heavy atom. The van der Waals surface area contributed by atoms with E-state index in [1.807, 2.05) is 13.8 Å². The maximum atomic E-state index is 12.5. The highest BCUT2D eigenvalue weighted by atomic mass is 19.4. The summed E-state index contributed by atoms with van der Waals surface area (Å²) in [5, 5.41) is 0. The molecule has 18 heavy (non-hydrogen) atoms. The smallest absolute Gasteiger partial charge is 0.416 e. The van der Waals surface area contributed by atoms with Crippen LogP contribution in [0.5, 0.6) is 0 Å². The van der Waals surface area contributed by atoms with Crippen molar-refractivity contribution in [1.82, 2.24) is 5.43 Å². The Morgan fingerprint density at radius 2 is 1.94 bits per heavy atom. The third-order valence-corrected chi connectivity index (χ3v) is 2.20. The molecular formula is C11H12F3N3O. The van der Waals surface area contributed by atoms with Crippen molar-refractivity contribution in [3.05, 3.63) is 23.8 Å². The summed E-state index contributed by atoms with van der Waals surface area (Å²) in [6.45, 7) is 3.65. The van der Waals surface area contributed by atoms with Crippen LogP contribution in [0.2, 0.25) is 0 Å². The van der Waals surface area contributed by atoms with Gasteiger partial charge in [0.2, 0.25) is 0 Å². The molecule has 1 aromatic carbocycles. The summed E-state index contributed by atoms with van der Waals surface area (Å²) in [5.41, 5.74) is 5.16. The van der Waals surface area contributed by atoms with Crippen molar-refractivity contribution in [3.8, 4) is 0 Å². The maximum Gasteiger partial charge on any atom is 0.416 e. The molecule has 7 heteroatoms. The predicted molar refractivity (Wildman–Crippen MR) is 61.5 cm³/mol. The molecule has 1 aliphatic heterocycles. The molecule has 1 aliphatic rings. The van der Waals surface area contributed by atoms with E-state index in [-0.39, 0.29) is 17.8 Å². The number of ether oxygens (including phenoxy) is 1. The second kappa shape index (κ2) is 4.40. The Kier molecular flexibility index (Phi) is 3.06. The van der Waals surface area contributed by atoms with Gasteiger partial charge in [-0.1, -0.05) is 0 Å². The summed E-state index contributed by atoms with van der Waals surface area (Å²) in [6, 6.07) is 3.52. The van der Waals surface area contributed by atoms with Gasteiger partial charge in [-0.15, -0.1) is 0 Å². The van der Waals surface area contributed by atoms with Crippen LogP contribution in [0.15, 0.2) is 23.2 Å². The minimum absolute atomic E-state index is 0.0750. The molecule has 0 saturated heterocycles. The molecule has 0 saturated carbocycles. The minimum atomic E-state index is -4.37. The molecule has 2 rings (SSSR count). The number of nitrogens with one attached hydrogen (secondary N) is 2. The van der Waals surface area contributed by atoms with E-state index in [0.29, 0.717) is 5.69 Å². The van der Waals surface area contributed by atoms with Gasteiger partial charge in [0.25, 0.3) is 0 Å². The van der Waals surface area contributed by atoms with Crippen LogP contribution >= 0.6 is 0 Å². The van der Waals surface area contributed by atoms with Crippen molar-refractivity contribution in [1.29, 1.82) is 0 Å². The van der Waals surface area contributed by atoms with E-state index in [9.17, 15) is 13.2 Å². The Morgan fingerprint density at radius 3 is 2.56 bits per heavy atom. The molecule has 98 valence electrons. The molecule has 0 fully saturated rings. The number of hydrogen-bond acceptors (Lipinski definition) is 4. The number of nitrogens with zero attached hydrogens (tertiary/aromatic N) is 1. The van der Waals surface area contributed by atoms with Gasteiger partial charge in [0.1, 0.15) is 0 Å². The van der Waals surface area contributed by atoms with Crippen LogP contribution < -0.4 is 10.9 Å². The molecule has 0 amide bonds. The van der Waals surface area contributed by atoms with Crippen LogP contribution in [0.3, 0.4) is 0 Å². The van der Waals surface area contributed by atoms with Gasteiger partial charge >= 0.3 is 12.2 Å². The molecule has 1 aromatic rings.